The lowest BCUT2D eigenvalue weighted by atomic mass is 10.1. The number of carbonyl (C=O) groups is 1. The van der Waals surface area contributed by atoms with E-state index in [2.05, 4.69) is 16.8 Å². The first kappa shape index (κ1) is 13.8. The summed E-state index contributed by atoms with van der Waals surface area (Å²) in [6.07, 6.45) is 0.499. The van der Waals surface area contributed by atoms with Gasteiger partial charge in [0.2, 0.25) is 0 Å². The lowest BCUT2D eigenvalue weighted by molar-refractivity contribution is -0.139. The van der Waals surface area contributed by atoms with Crippen LogP contribution in [0.1, 0.15) is 16.0 Å². The summed E-state index contributed by atoms with van der Waals surface area (Å²) in [5, 5.41) is 14.4. The van der Waals surface area contributed by atoms with E-state index in [-0.39, 0.29) is 0 Å². The molecule has 2 rings (SSSR count). The first-order chi connectivity index (χ1) is 9.15. The van der Waals surface area contributed by atoms with Crippen molar-refractivity contribution in [2.75, 3.05) is 0 Å². The molecule has 100 valence electrons. The lowest BCUT2D eigenvalue weighted by Crippen LogP contribution is -2.37. The summed E-state index contributed by atoms with van der Waals surface area (Å²) in [4.78, 5) is 12.5. The fourth-order valence-electron chi connectivity index (χ4n) is 1.93. The molecule has 0 saturated heterocycles. The fraction of sp³-hybridized carbons (Fsp3) is 0.267. The average molecular weight is 275 g/mol. The highest BCUT2D eigenvalue weighted by molar-refractivity contribution is 7.10. The normalized spacial score (nSPS) is 12.3. The summed E-state index contributed by atoms with van der Waals surface area (Å²) < 4.78 is 0. The number of nitrogens with one attached hydrogen (secondary N) is 1. The maximum Gasteiger partial charge on any atom is 0.321 e. The Morgan fingerprint density at radius 1 is 1.32 bits per heavy atom. The van der Waals surface area contributed by atoms with Crippen LogP contribution in [-0.4, -0.2) is 17.1 Å². The van der Waals surface area contributed by atoms with E-state index in [1.807, 2.05) is 37.3 Å². The summed E-state index contributed by atoms with van der Waals surface area (Å²) in [6.45, 7) is 2.64. The van der Waals surface area contributed by atoms with Crippen molar-refractivity contribution in [3.8, 4) is 0 Å². The Bertz CT molecular complexity index is 536. The molecule has 19 heavy (non-hydrogen) atoms. The molecule has 0 bridgehead atoms. The third kappa shape index (κ3) is 4.19. The Morgan fingerprint density at radius 2 is 2.05 bits per heavy atom. The van der Waals surface area contributed by atoms with Crippen LogP contribution in [0, 0.1) is 6.92 Å². The molecule has 0 aliphatic heterocycles. The zero-order valence-electron chi connectivity index (χ0n) is 10.8. The summed E-state index contributed by atoms with van der Waals surface area (Å²) in [5.74, 6) is -0.809. The van der Waals surface area contributed by atoms with E-state index >= 15 is 0 Å². The van der Waals surface area contributed by atoms with Gasteiger partial charge in [0.1, 0.15) is 6.04 Å². The van der Waals surface area contributed by atoms with Crippen molar-refractivity contribution in [3.63, 3.8) is 0 Å². The molecule has 0 fully saturated rings. The highest BCUT2D eigenvalue weighted by atomic mass is 32.1. The number of benzene rings is 1. The largest absolute Gasteiger partial charge is 0.480 e. The van der Waals surface area contributed by atoms with E-state index in [4.69, 9.17) is 0 Å². The topological polar surface area (TPSA) is 49.3 Å². The van der Waals surface area contributed by atoms with Gasteiger partial charge in [0.05, 0.1) is 0 Å². The predicted molar refractivity (Wildman–Crippen MR) is 77.5 cm³/mol. The second-order valence-electron chi connectivity index (χ2n) is 4.53. The van der Waals surface area contributed by atoms with Crippen LogP contribution in [-0.2, 0) is 17.8 Å². The first-order valence-corrected chi connectivity index (χ1v) is 7.07. The third-order valence-corrected chi connectivity index (χ3v) is 3.83. The minimum absolute atomic E-state index is 0.499. The molecule has 0 radical (unpaired) electrons. The molecule has 0 saturated carbocycles. The summed E-state index contributed by atoms with van der Waals surface area (Å²) >= 11 is 1.68. The van der Waals surface area contributed by atoms with Crippen molar-refractivity contribution in [3.05, 3.63) is 57.8 Å². The second kappa shape index (κ2) is 6.50. The highest BCUT2D eigenvalue weighted by Crippen LogP contribution is 2.13. The van der Waals surface area contributed by atoms with Crippen molar-refractivity contribution >= 4 is 17.3 Å². The van der Waals surface area contributed by atoms with E-state index in [1.54, 1.807) is 11.3 Å². The van der Waals surface area contributed by atoms with Crippen LogP contribution < -0.4 is 5.32 Å². The number of thiophene rings is 1. The van der Waals surface area contributed by atoms with Gasteiger partial charge in [0.25, 0.3) is 0 Å². The van der Waals surface area contributed by atoms with Crippen LogP contribution in [0.2, 0.25) is 0 Å². The number of aryl methyl sites for hydroxylation is 1. The van der Waals surface area contributed by atoms with Gasteiger partial charge < -0.3 is 5.11 Å². The summed E-state index contributed by atoms with van der Waals surface area (Å²) in [5.41, 5.74) is 2.17. The molecule has 1 aromatic carbocycles. The Hall–Kier alpha value is -1.65. The summed E-state index contributed by atoms with van der Waals surface area (Å²) in [7, 11) is 0. The lowest BCUT2D eigenvalue weighted by Gasteiger charge is -2.14. The van der Waals surface area contributed by atoms with Crippen LogP contribution >= 0.6 is 11.3 Å². The number of aliphatic carboxylic acids is 1. The average Bonchev–Trinajstić information content (AvgIpc) is 2.81. The zero-order valence-corrected chi connectivity index (χ0v) is 11.6. The first-order valence-electron chi connectivity index (χ1n) is 6.19. The molecule has 2 aromatic rings. The smallest absolute Gasteiger partial charge is 0.321 e. The van der Waals surface area contributed by atoms with Crippen molar-refractivity contribution in [2.24, 2.45) is 0 Å². The molecular formula is C15H17NO2S. The van der Waals surface area contributed by atoms with Crippen LogP contribution in [0.5, 0.6) is 0 Å². The zero-order chi connectivity index (χ0) is 13.7. The number of rotatable bonds is 6. The van der Waals surface area contributed by atoms with E-state index in [9.17, 15) is 9.90 Å². The number of carboxylic acids is 1. The molecule has 0 amide bonds. The standard InChI is InChI=1S/C15H17NO2S/c1-11-7-13(10-19-11)9-16-14(15(17)18)8-12-5-3-2-4-6-12/h2-7,10,14,16H,8-9H2,1H3,(H,17,18)/t14-/m0/s1. The van der Waals surface area contributed by atoms with E-state index in [1.165, 1.54) is 4.88 Å². The molecule has 1 heterocycles. The maximum absolute atomic E-state index is 11.3. The van der Waals surface area contributed by atoms with Gasteiger partial charge in [-0.3, -0.25) is 10.1 Å². The molecular weight excluding hydrogens is 258 g/mol. The Kier molecular flexibility index (Phi) is 4.71. The van der Waals surface area contributed by atoms with Crippen molar-refractivity contribution in [1.29, 1.82) is 0 Å². The van der Waals surface area contributed by atoms with Crippen molar-refractivity contribution < 1.29 is 9.90 Å². The number of carboxylic acid groups (broad SMARTS) is 1. The van der Waals surface area contributed by atoms with Gasteiger partial charge in [-0.2, -0.15) is 0 Å². The minimum Gasteiger partial charge on any atom is -0.480 e. The SMILES string of the molecule is Cc1cc(CN[C@@H](Cc2ccccc2)C(=O)O)cs1. The van der Waals surface area contributed by atoms with Gasteiger partial charge in [-0.1, -0.05) is 30.3 Å². The second-order valence-corrected chi connectivity index (χ2v) is 5.64. The van der Waals surface area contributed by atoms with Gasteiger partial charge in [-0.05, 0) is 35.9 Å². The fourth-order valence-corrected chi connectivity index (χ4v) is 2.64. The predicted octanol–water partition coefficient (Wildman–Crippen LogP) is 2.84. The number of hydrogen-bond donors (Lipinski definition) is 2. The van der Waals surface area contributed by atoms with Crippen LogP contribution in [0.4, 0.5) is 0 Å². The minimum atomic E-state index is -0.809. The Labute approximate surface area is 116 Å². The molecule has 0 aliphatic carbocycles. The monoisotopic (exact) mass is 275 g/mol. The van der Waals surface area contributed by atoms with E-state index in [0.29, 0.717) is 13.0 Å². The summed E-state index contributed by atoms with van der Waals surface area (Å²) in [6, 6.07) is 11.2. The quantitative estimate of drug-likeness (QED) is 0.852. The third-order valence-electron chi connectivity index (χ3n) is 2.92. The molecule has 2 N–H and O–H groups in total. The Morgan fingerprint density at radius 3 is 2.63 bits per heavy atom. The van der Waals surface area contributed by atoms with Crippen molar-refractivity contribution in [2.45, 2.75) is 25.9 Å². The maximum atomic E-state index is 11.3. The van der Waals surface area contributed by atoms with E-state index < -0.39 is 12.0 Å². The van der Waals surface area contributed by atoms with Crippen LogP contribution in [0.15, 0.2) is 41.8 Å². The van der Waals surface area contributed by atoms with Gasteiger partial charge >= 0.3 is 5.97 Å². The highest BCUT2D eigenvalue weighted by Gasteiger charge is 2.17. The molecule has 0 unspecified atom stereocenters. The van der Waals surface area contributed by atoms with Gasteiger partial charge in [0, 0.05) is 11.4 Å². The van der Waals surface area contributed by atoms with Crippen LogP contribution in [0.3, 0.4) is 0 Å². The molecule has 4 heteroatoms. The molecule has 1 aromatic heterocycles. The van der Waals surface area contributed by atoms with Crippen LogP contribution in [0.25, 0.3) is 0 Å². The van der Waals surface area contributed by atoms with Gasteiger partial charge in [-0.15, -0.1) is 11.3 Å². The van der Waals surface area contributed by atoms with Gasteiger partial charge in [0.15, 0.2) is 0 Å². The van der Waals surface area contributed by atoms with Crippen molar-refractivity contribution in [1.82, 2.24) is 5.32 Å². The number of hydrogen-bond acceptors (Lipinski definition) is 3. The molecule has 1 atom stereocenters. The molecule has 3 nitrogen and oxygen atoms in total. The van der Waals surface area contributed by atoms with Gasteiger partial charge in [-0.25, -0.2) is 0 Å². The Balaban J connectivity index is 1.95. The van der Waals surface area contributed by atoms with E-state index in [0.717, 1.165) is 11.1 Å². The molecule has 0 spiro atoms. The molecule has 0 aliphatic rings.